The Morgan fingerprint density at radius 3 is 2.64 bits per heavy atom. The van der Waals surface area contributed by atoms with Crippen molar-refractivity contribution >= 4 is 5.78 Å². The van der Waals surface area contributed by atoms with Gasteiger partial charge in [0.2, 0.25) is 0 Å². The van der Waals surface area contributed by atoms with Gasteiger partial charge in [-0.1, -0.05) is 5.11 Å². The molecule has 0 aromatic rings. The van der Waals surface area contributed by atoms with Gasteiger partial charge in [0, 0.05) is 4.91 Å². The SMILES string of the molecule is CC(=O)[C@@H](O)[C@H](O)CN=[N+]=[N-]. The van der Waals surface area contributed by atoms with Gasteiger partial charge in [-0.2, -0.15) is 0 Å². The number of rotatable bonds is 4. The van der Waals surface area contributed by atoms with E-state index in [4.69, 9.17) is 15.7 Å². The largest absolute Gasteiger partial charge is 0.390 e. The molecule has 2 atom stereocenters. The predicted molar refractivity (Wildman–Crippen MR) is 36.7 cm³/mol. The van der Waals surface area contributed by atoms with Crippen molar-refractivity contribution in [2.75, 3.05) is 6.54 Å². The van der Waals surface area contributed by atoms with E-state index in [0.29, 0.717) is 0 Å². The fourth-order valence-corrected chi connectivity index (χ4v) is 0.491. The normalized spacial score (nSPS) is 14.8. The van der Waals surface area contributed by atoms with E-state index in [1.807, 2.05) is 0 Å². The molecule has 0 aliphatic carbocycles. The molecule has 2 N–H and O–H groups in total. The molecule has 0 aliphatic rings. The summed E-state index contributed by atoms with van der Waals surface area (Å²) in [5, 5.41) is 20.7. The van der Waals surface area contributed by atoms with Gasteiger partial charge in [-0.25, -0.2) is 0 Å². The number of hydrogen-bond acceptors (Lipinski definition) is 4. The maximum Gasteiger partial charge on any atom is 0.160 e. The third-order valence-corrected chi connectivity index (χ3v) is 1.11. The number of carbonyl (C=O) groups excluding carboxylic acids is 1. The van der Waals surface area contributed by atoms with Gasteiger partial charge >= 0.3 is 0 Å². The second-order valence-corrected chi connectivity index (χ2v) is 2.04. The fourth-order valence-electron chi connectivity index (χ4n) is 0.491. The summed E-state index contributed by atoms with van der Waals surface area (Å²) in [6, 6.07) is 0. The summed E-state index contributed by atoms with van der Waals surface area (Å²) < 4.78 is 0. The maximum absolute atomic E-state index is 10.4. The van der Waals surface area contributed by atoms with Crippen LogP contribution in [0.15, 0.2) is 5.11 Å². The molecule has 0 aromatic heterocycles. The molecule has 6 heteroatoms. The molecule has 0 fully saturated rings. The minimum Gasteiger partial charge on any atom is -0.390 e. The summed E-state index contributed by atoms with van der Waals surface area (Å²) >= 11 is 0. The number of hydrogen-bond donors (Lipinski definition) is 2. The van der Waals surface area contributed by atoms with Crippen LogP contribution in [-0.4, -0.2) is 34.7 Å². The Labute approximate surface area is 63.1 Å². The zero-order chi connectivity index (χ0) is 8.85. The minimum absolute atomic E-state index is 0.294. The van der Waals surface area contributed by atoms with Crippen molar-refractivity contribution < 1.29 is 15.0 Å². The van der Waals surface area contributed by atoms with Crippen LogP contribution in [0.2, 0.25) is 0 Å². The van der Waals surface area contributed by atoms with Gasteiger partial charge in [0.05, 0.1) is 12.6 Å². The van der Waals surface area contributed by atoms with Gasteiger partial charge in [0.1, 0.15) is 6.10 Å². The molecule has 0 spiro atoms. The van der Waals surface area contributed by atoms with Gasteiger partial charge in [-0.05, 0) is 12.5 Å². The Morgan fingerprint density at radius 1 is 1.73 bits per heavy atom. The lowest BCUT2D eigenvalue weighted by Gasteiger charge is -2.11. The second kappa shape index (κ2) is 4.68. The number of ketones is 1. The first-order valence-corrected chi connectivity index (χ1v) is 2.97. The topological polar surface area (TPSA) is 106 Å². The van der Waals surface area contributed by atoms with Crippen LogP contribution in [0, 0.1) is 0 Å². The molecule has 6 nitrogen and oxygen atoms in total. The summed E-state index contributed by atoms with van der Waals surface area (Å²) in [5.41, 5.74) is 7.82. The molecule has 0 saturated carbocycles. The second-order valence-electron chi connectivity index (χ2n) is 2.04. The lowest BCUT2D eigenvalue weighted by atomic mass is 10.1. The molecule has 0 unspecified atom stereocenters. The zero-order valence-electron chi connectivity index (χ0n) is 6.01. The Hall–Kier alpha value is -1.10. The Bertz CT molecular complexity index is 187. The van der Waals surface area contributed by atoms with Crippen LogP contribution in [0.4, 0.5) is 0 Å². The first-order chi connectivity index (χ1) is 5.09. The molecular weight excluding hydrogens is 150 g/mol. The number of nitrogens with zero attached hydrogens (tertiary/aromatic N) is 3. The average Bonchev–Trinajstić information content (AvgIpc) is 1.98. The molecule has 0 saturated heterocycles. The van der Waals surface area contributed by atoms with Crippen LogP contribution in [0.1, 0.15) is 6.92 Å². The van der Waals surface area contributed by atoms with Crippen molar-refractivity contribution in [3.8, 4) is 0 Å². The molecule has 0 aliphatic heterocycles. The van der Waals surface area contributed by atoms with Crippen molar-refractivity contribution in [1.29, 1.82) is 0 Å². The van der Waals surface area contributed by atoms with E-state index in [-0.39, 0.29) is 6.54 Å². The Morgan fingerprint density at radius 2 is 2.27 bits per heavy atom. The van der Waals surface area contributed by atoms with E-state index in [1.54, 1.807) is 0 Å². The third kappa shape index (κ3) is 3.57. The average molecular weight is 159 g/mol. The molecule has 0 aromatic carbocycles. The van der Waals surface area contributed by atoms with Crippen LogP contribution in [0.25, 0.3) is 10.4 Å². The van der Waals surface area contributed by atoms with Crippen LogP contribution in [0.3, 0.4) is 0 Å². The van der Waals surface area contributed by atoms with Crippen LogP contribution in [0.5, 0.6) is 0 Å². The predicted octanol–water partition coefficient (Wildman–Crippen LogP) is -0.392. The molecular formula is C5H9N3O3. The molecule has 62 valence electrons. The van der Waals surface area contributed by atoms with E-state index in [2.05, 4.69) is 10.0 Å². The molecule has 11 heavy (non-hydrogen) atoms. The van der Waals surface area contributed by atoms with Crippen LogP contribution in [-0.2, 0) is 4.79 Å². The quantitative estimate of drug-likeness (QED) is 0.331. The van der Waals surface area contributed by atoms with Gasteiger partial charge < -0.3 is 10.2 Å². The third-order valence-electron chi connectivity index (χ3n) is 1.11. The fraction of sp³-hybridized carbons (Fsp3) is 0.800. The van der Waals surface area contributed by atoms with Crippen molar-refractivity contribution in [2.24, 2.45) is 5.11 Å². The Balaban J connectivity index is 3.91. The van der Waals surface area contributed by atoms with E-state index in [0.717, 1.165) is 6.92 Å². The highest BCUT2D eigenvalue weighted by molar-refractivity contribution is 5.80. The van der Waals surface area contributed by atoms with E-state index in [1.165, 1.54) is 0 Å². The highest BCUT2D eigenvalue weighted by atomic mass is 16.3. The molecule has 0 bridgehead atoms. The van der Waals surface area contributed by atoms with Gasteiger partial charge in [0.25, 0.3) is 0 Å². The van der Waals surface area contributed by atoms with Crippen molar-refractivity contribution in [3.63, 3.8) is 0 Å². The summed E-state index contributed by atoms with van der Waals surface area (Å²) in [7, 11) is 0. The molecule has 0 rings (SSSR count). The first kappa shape index (κ1) is 9.90. The summed E-state index contributed by atoms with van der Waals surface area (Å²) in [4.78, 5) is 12.8. The summed E-state index contributed by atoms with van der Waals surface area (Å²) in [5.74, 6) is -0.550. The number of aliphatic hydroxyl groups is 2. The highest BCUT2D eigenvalue weighted by Crippen LogP contribution is 1.95. The summed E-state index contributed by atoms with van der Waals surface area (Å²) in [6.45, 7) is 0.848. The molecule has 0 radical (unpaired) electrons. The lowest BCUT2D eigenvalue weighted by Crippen LogP contribution is -2.34. The minimum atomic E-state index is -1.46. The molecule has 0 heterocycles. The zero-order valence-corrected chi connectivity index (χ0v) is 6.01. The van der Waals surface area contributed by atoms with E-state index < -0.39 is 18.0 Å². The van der Waals surface area contributed by atoms with Crippen LogP contribution >= 0.6 is 0 Å². The van der Waals surface area contributed by atoms with Crippen molar-refractivity contribution in [1.82, 2.24) is 0 Å². The maximum atomic E-state index is 10.4. The van der Waals surface area contributed by atoms with Crippen molar-refractivity contribution in [2.45, 2.75) is 19.1 Å². The first-order valence-electron chi connectivity index (χ1n) is 2.97. The number of carbonyl (C=O) groups is 1. The van der Waals surface area contributed by atoms with E-state index in [9.17, 15) is 4.79 Å². The smallest absolute Gasteiger partial charge is 0.160 e. The highest BCUT2D eigenvalue weighted by Gasteiger charge is 2.19. The lowest BCUT2D eigenvalue weighted by molar-refractivity contribution is -0.130. The monoisotopic (exact) mass is 159 g/mol. The van der Waals surface area contributed by atoms with Gasteiger partial charge in [-0.3, -0.25) is 4.79 Å². The van der Waals surface area contributed by atoms with Gasteiger partial charge in [0.15, 0.2) is 5.78 Å². The standard InChI is InChI=1S/C5H9N3O3/c1-3(9)5(11)4(10)2-7-8-6/h4-5,10-11H,2H2,1H3/t4-,5-/m1/s1. The van der Waals surface area contributed by atoms with E-state index >= 15 is 0 Å². The number of Topliss-reactive ketones (excluding diaryl/α,β-unsaturated/α-hetero) is 1. The number of aliphatic hydroxyl groups excluding tert-OH is 2. The Kier molecular flexibility index (Phi) is 4.21. The number of azide groups is 1. The molecule has 0 amide bonds. The van der Waals surface area contributed by atoms with Crippen molar-refractivity contribution in [3.05, 3.63) is 10.4 Å². The summed E-state index contributed by atoms with van der Waals surface area (Å²) in [6.07, 6.45) is -2.76. The van der Waals surface area contributed by atoms with Gasteiger partial charge in [-0.15, -0.1) is 0 Å². The van der Waals surface area contributed by atoms with Crippen LogP contribution < -0.4 is 0 Å².